The monoisotopic (exact) mass is 289 g/mol. The van der Waals surface area contributed by atoms with Crippen LogP contribution in [0.5, 0.6) is 0 Å². The van der Waals surface area contributed by atoms with Gasteiger partial charge in [-0.3, -0.25) is 9.59 Å². The summed E-state index contributed by atoms with van der Waals surface area (Å²) >= 11 is 0. The molecule has 1 aromatic carbocycles. The van der Waals surface area contributed by atoms with Crippen LogP contribution in [-0.2, 0) is 9.59 Å². The van der Waals surface area contributed by atoms with Crippen molar-refractivity contribution in [3.05, 3.63) is 29.8 Å². The molecule has 2 N–H and O–H groups in total. The van der Waals surface area contributed by atoms with Crippen molar-refractivity contribution in [3.8, 4) is 0 Å². The van der Waals surface area contributed by atoms with Gasteiger partial charge < -0.3 is 10.4 Å². The molecule has 4 heteroatoms. The van der Waals surface area contributed by atoms with Crippen LogP contribution in [0.1, 0.15) is 51.0 Å². The highest BCUT2D eigenvalue weighted by molar-refractivity contribution is 5.95. The van der Waals surface area contributed by atoms with E-state index in [2.05, 4.69) is 19.2 Å². The number of nitrogens with one attached hydrogen (secondary N) is 1. The number of carboxylic acid groups (broad SMARTS) is 1. The minimum absolute atomic E-state index is 0.170. The second kappa shape index (κ2) is 6.74. The van der Waals surface area contributed by atoms with Gasteiger partial charge in [0, 0.05) is 5.69 Å². The average molecular weight is 289 g/mol. The van der Waals surface area contributed by atoms with Gasteiger partial charge in [0.1, 0.15) is 0 Å². The summed E-state index contributed by atoms with van der Waals surface area (Å²) in [7, 11) is 0. The molecule has 2 rings (SSSR count). The number of amides is 1. The Kier molecular flexibility index (Phi) is 4.99. The maximum absolute atomic E-state index is 12.2. The summed E-state index contributed by atoms with van der Waals surface area (Å²) < 4.78 is 0. The molecule has 4 nitrogen and oxygen atoms in total. The molecule has 1 fully saturated rings. The molecule has 114 valence electrons. The quantitative estimate of drug-likeness (QED) is 0.869. The Morgan fingerprint density at radius 3 is 2.43 bits per heavy atom. The Bertz CT molecular complexity index is 509. The van der Waals surface area contributed by atoms with Crippen molar-refractivity contribution in [1.82, 2.24) is 0 Å². The first-order valence-electron chi connectivity index (χ1n) is 7.66. The molecule has 0 spiro atoms. The van der Waals surface area contributed by atoms with Crippen LogP contribution < -0.4 is 5.32 Å². The van der Waals surface area contributed by atoms with E-state index >= 15 is 0 Å². The van der Waals surface area contributed by atoms with Crippen molar-refractivity contribution in [1.29, 1.82) is 0 Å². The van der Waals surface area contributed by atoms with Gasteiger partial charge >= 0.3 is 5.97 Å². The van der Waals surface area contributed by atoms with E-state index in [-0.39, 0.29) is 5.91 Å². The van der Waals surface area contributed by atoms with Crippen LogP contribution in [0, 0.1) is 11.8 Å². The van der Waals surface area contributed by atoms with E-state index in [0.29, 0.717) is 18.8 Å². The standard InChI is InChI=1S/C17H23NO3/c1-3-11(2)12-7-9-13(10-8-12)18-16(19)14-5-4-6-15(14)17(20)21/h7-11,14-15H,3-6H2,1-2H3,(H,18,19)(H,20,21)/t11?,14-,15+/m1/s1. The lowest BCUT2D eigenvalue weighted by molar-refractivity contribution is -0.145. The number of hydrogen-bond acceptors (Lipinski definition) is 2. The SMILES string of the molecule is CCC(C)c1ccc(NC(=O)[C@@H]2CCC[C@@H]2C(=O)O)cc1. The van der Waals surface area contributed by atoms with Crippen LogP contribution in [0.2, 0.25) is 0 Å². The van der Waals surface area contributed by atoms with E-state index in [1.54, 1.807) is 0 Å². The van der Waals surface area contributed by atoms with Crippen molar-refractivity contribution in [2.24, 2.45) is 11.8 Å². The highest BCUT2D eigenvalue weighted by Gasteiger charge is 2.37. The normalized spacial score (nSPS) is 22.8. The van der Waals surface area contributed by atoms with E-state index in [1.165, 1.54) is 5.56 Å². The van der Waals surface area contributed by atoms with Crippen molar-refractivity contribution in [2.75, 3.05) is 5.32 Å². The van der Waals surface area contributed by atoms with Gasteiger partial charge in [0.25, 0.3) is 0 Å². The molecule has 3 atom stereocenters. The first kappa shape index (κ1) is 15.5. The predicted octanol–water partition coefficient (Wildman–Crippen LogP) is 3.64. The molecule has 1 saturated carbocycles. The lowest BCUT2D eigenvalue weighted by Gasteiger charge is -2.16. The van der Waals surface area contributed by atoms with Crippen molar-refractivity contribution < 1.29 is 14.7 Å². The van der Waals surface area contributed by atoms with Crippen LogP contribution >= 0.6 is 0 Å². The van der Waals surface area contributed by atoms with Crippen LogP contribution in [0.4, 0.5) is 5.69 Å². The molecule has 0 saturated heterocycles. The molecular weight excluding hydrogens is 266 g/mol. The van der Waals surface area contributed by atoms with Crippen molar-refractivity contribution in [3.63, 3.8) is 0 Å². The Balaban J connectivity index is 2.01. The summed E-state index contributed by atoms with van der Waals surface area (Å²) in [6, 6.07) is 7.83. The first-order valence-corrected chi connectivity index (χ1v) is 7.66. The van der Waals surface area contributed by atoms with Crippen LogP contribution in [0.3, 0.4) is 0 Å². The summed E-state index contributed by atoms with van der Waals surface area (Å²) in [5.41, 5.74) is 1.99. The fourth-order valence-electron chi connectivity index (χ4n) is 2.94. The van der Waals surface area contributed by atoms with Gasteiger partial charge in [-0.25, -0.2) is 0 Å². The fraction of sp³-hybridized carbons (Fsp3) is 0.529. The van der Waals surface area contributed by atoms with E-state index in [1.807, 2.05) is 24.3 Å². The Hall–Kier alpha value is -1.84. The van der Waals surface area contributed by atoms with Gasteiger partial charge in [0.05, 0.1) is 11.8 Å². The molecule has 1 unspecified atom stereocenters. The van der Waals surface area contributed by atoms with E-state index in [9.17, 15) is 9.59 Å². The van der Waals surface area contributed by atoms with Gasteiger partial charge in [-0.05, 0) is 42.9 Å². The predicted molar refractivity (Wildman–Crippen MR) is 82.2 cm³/mol. The zero-order chi connectivity index (χ0) is 15.4. The lowest BCUT2D eigenvalue weighted by atomic mass is 9.95. The summed E-state index contributed by atoms with van der Waals surface area (Å²) in [6.07, 6.45) is 3.14. The number of anilines is 1. The highest BCUT2D eigenvalue weighted by Crippen LogP contribution is 2.33. The summed E-state index contributed by atoms with van der Waals surface area (Å²) in [6.45, 7) is 4.32. The van der Waals surface area contributed by atoms with E-state index in [4.69, 9.17) is 5.11 Å². The first-order chi connectivity index (χ1) is 10.0. The Labute approximate surface area is 125 Å². The molecular formula is C17H23NO3. The molecule has 0 aliphatic heterocycles. The third kappa shape index (κ3) is 3.63. The summed E-state index contributed by atoms with van der Waals surface area (Å²) in [5, 5.41) is 12.0. The molecule has 21 heavy (non-hydrogen) atoms. The van der Waals surface area contributed by atoms with Gasteiger partial charge in [-0.15, -0.1) is 0 Å². The second-order valence-electron chi connectivity index (χ2n) is 5.90. The molecule has 1 aliphatic rings. The number of benzene rings is 1. The molecule has 0 bridgehead atoms. The number of carbonyl (C=O) groups excluding carboxylic acids is 1. The largest absolute Gasteiger partial charge is 0.481 e. The smallest absolute Gasteiger partial charge is 0.307 e. The Morgan fingerprint density at radius 1 is 1.24 bits per heavy atom. The molecule has 1 aliphatic carbocycles. The minimum atomic E-state index is -0.861. The van der Waals surface area contributed by atoms with Gasteiger partial charge in [-0.1, -0.05) is 32.4 Å². The zero-order valence-corrected chi connectivity index (χ0v) is 12.6. The molecule has 1 aromatic rings. The van der Waals surface area contributed by atoms with Gasteiger partial charge in [0.15, 0.2) is 0 Å². The number of hydrogen-bond donors (Lipinski definition) is 2. The third-order valence-electron chi connectivity index (χ3n) is 4.53. The van der Waals surface area contributed by atoms with Crippen LogP contribution in [-0.4, -0.2) is 17.0 Å². The maximum Gasteiger partial charge on any atom is 0.307 e. The third-order valence-corrected chi connectivity index (χ3v) is 4.53. The van der Waals surface area contributed by atoms with Crippen molar-refractivity contribution >= 4 is 17.6 Å². The second-order valence-corrected chi connectivity index (χ2v) is 5.90. The maximum atomic E-state index is 12.2. The Morgan fingerprint density at radius 2 is 1.86 bits per heavy atom. The zero-order valence-electron chi connectivity index (χ0n) is 12.6. The van der Waals surface area contributed by atoms with Gasteiger partial charge in [-0.2, -0.15) is 0 Å². The van der Waals surface area contributed by atoms with Crippen LogP contribution in [0.15, 0.2) is 24.3 Å². The lowest BCUT2D eigenvalue weighted by Crippen LogP contribution is -2.29. The fourth-order valence-corrected chi connectivity index (χ4v) is 2.94. The molecule has 0 aromatic heterocycles. The summed E-state index contributed by atoms with van der Waals surface area (Å²) in [4.78, 5) is 23.4. The molecule has 0 heterocycles. The molecule has 0 radical (unpaired) electrons. The molecule has 1 amide bonds. The van der Waals surface area contributed by atoms with E-state index in [0.717, 1.165) is 18.5 Å². The average Bonchev–Trinajstić information content (AvgIpc) is 2.97. The van der Waals surface area contributed by atoms with Crippen LogP contribution in [0.25, 0.3) is 0 Å². The summed E-state index contributed by atoms with van der Waals surface area (Å²) in [5.74, 6) is -1.47. The number of carboxylic acids is 1. The topological polar surface area (TPSA) is 66.4 Å². The number of rotatable bonds is 5. The number of carbonyl (C=O) groups is 2. The van der Waals surface area contributed by atoms with Crippen molar-refractivity contribution in [2.45, 2.75) is 45.4 Å². The highest BCUT2D eigenvalue weighted by atomic mass is 16.4. The van der Waals surface area contributed by atoms with E-state index < -0.39 is 17.8 Å². The number of aliphatic carboxylic acids is 1. The van der Waals surface area contributed by atoms with Gasteiger partial charge in [0.2, 0.25) is 5.91 Å². The minimum Gasteiger partial charge on any atom is -0.481 e.